The predicted octanol–water partition coefficient (Wildman–Crippen LogP) is 5.22. The summed E-state index contributed by atoms with van der Waals surface area (Å²) in [6.07, 6.45) is 0. The minimum atomic E-state index is -1.01. The molecule has 0 aliphatic carbocycles. The van der Waals surface area contributed by atoms with Crippen LogP contribution in [0.4, 0.5) is 0 Å². The Bertz CT molecular complexity index is 907. The number of nitrogens with zero attached hydrogens (tertiary/aromatic N) is 1. The van der Waals surface area contributed by atoms with Gasteiger partial charge in [0, 0.05) is 21.0 Å². The molecule has 0 bridgehead atoms. The van der Waals surface area contributed by atoms with Gasteiger partial charge in [-0.3, -0.25) is 0 Å². The quantitative estimate of drug-likeness (QED) is 0.700. The van der Waals surface area contributed by atoms with E-state index in [0.29, 0.717) is 32.2 Å². The van der Waals surface area contributed by atoms with Crippen LogP contribution in [0, 0.1) is 6.92 Å². The highest BCUT2D eigenvalue weighted by atomic mass is 35.5. The summed E-state index contributed by atoms with van der Waals surface area (Å²) in [4.78, 5) is 16.2. The molecule has 0 aliphatic rings. The van der Waals surface area contributed by atoms with Gasteiger partial charge in [-0.05, 0) is 30.7 Å². The topological polar surface area (TPSA) is 50.2 Å². The van der Waals surface area contributed by atoms with Crippen LogP contribution < -0.4 is 0 Å². The number of fused-ring (bicyclic) bond motifs is 1. The summed E-state index contributed by atoms with van der Waals surface area (Å²) in [6.45, 7) is 1.82. The van der Waals surface area contributed by atoms with Crippen molar-refractivity contribution in [3.05, 3.63) is 63.6 Å². The van der Waals surface area contributed by atoms with Crippen molar-refractivity contribution in [3.8, 4) is 11.3 Å². The summed E-state index contributed by atoms with van der Waals surface area (Å²) in [7, 11) is 0. The molecule has 0 fully saturated rings. The number of halogens is 2. The van der Waals surface area contributed by atoms with Crippen molar-refractivity contribution in [2.75, 3.05) is 0 Å². The van der Waals surface area contributed by atoms with E-state index in [-0.39, 0.29) is 5.56 Å². The number of hydrogen-bond donors (Lipinski definition) is 1. The Morgan fingerprint density at radius 1 is 1.09 bits per heavy atom. The summed E-state index contributed by atoms with van der Waals surface area (Å²) in [6, 6.07) is 12.1. The van der Waals surface area contributed by atoms with Crippen molar-refractivity contribution in [3.63, 3.8) is 0 Å². The second-order valence-electron chi connectivity index (χ2n) is 4.91. The van der Waals surface area contributed by atoms with E-state index in [1.165, 1.54) is 0 Å². The van der Waals surface area contributed by atoms with Gasteiger partial charge in [-0.15, -0.1) is 0 Å². The Kier molecular flexibility index (Phi) is 3.77. The van der Waals surface area contributed by atoms with E-state index in [0.717, 1.165) is 5.56 Å². The maximum Gasteiger partial charge on any atom is 0.336 e. The Hall–Kier alpha value is -2.10. The van der Waals surface area contributed by atoms with E-state index < -0.39 is 5.97 Å². The molecule has 2 aromatic carbocycles. The zero-order valence-corrected chi connectivity index (χ0v) is 13.1. The van der Waals surface area contributed by atoms with Gasteiger partial charge in [-0.1, -0.05) is 47.5 Å². The highest BCUT2D eigenvalue weighted by Crippen LogP contribution is 2.32. The number of aryl methyl sites for hydroxylation is 1. The van der Waals surface area contributed by atoms with E-state index in [1.807, 2.05) is 25.1 Å². The van der Waals surface area contributed by atoms with Crippen LogP contribution in [0.2, 0.25) is 10.0 Å². The van der Waals surface area contributed by atoms with E-state index in [9.17, 15) is 9.90 Å². The maximum absolute atomic E-state index is 11.6. The number of pyridine rings is 1. The van der Waals surface area contributed by atoms with Crippen molar-refractivity contribution in [2.45, 2.75) is 6.92 Å². The highest BCUT2D eigenvalue weighted by Gasteiger charge is 2.16. The normalized spacial score (nSPS) is 10.9. The van der Waals surface area contributed by atoms with Gasteiger partial charge in [0.05, 0.1) is 16.8 Å². The molecule has 0 atom stereocenters. The van der Waals surface area contributed by atoms with Gasteiger partial charge in [0.1, 0.15) is 0 Å². The lowest BCUT2D eigenvalue weighted by molar-refractivity contribution is 0.0699. The van der Waals surface area contributed by atoms with Gasteiger partial charge in [-0.2, -0.15) is 0 Å². The van der Waals surface area contributed by atoms with Crippen molar-refractivity contribution in [1.29, 1.82) is 0 Å². The van der Waals surface area contributed by atoms with Crippen LogP contribution in [0.15, 0.2) is 42.5 Å². The first-order valence-electron chi connectivity index (χ1n) is 6.57. The summed E-state index contributed by atoms with van der Waals surface area (Å²) < 4.78 is 0. The van der Waals surface area contributed by atoms with Crippen LogP contribution in [0.25, 0.3) is 22.2 Å². The summed E-state index contributed by atoms with van der Waals surface area (Å²) >= 11 is 12.3. The molecular formula is C17H11Cl2NO2. The van der Waals surface area contributed by atoms with Gasteiger partial charge in [-0.25, -0.2) is 9.78 Å². The number of carbonyl (C=O) groups is 1. The van der Waals surface area contributed by atoms with Crippen LogP contribution in [-0.4, -0.2) is 16.1 Å². The SMILES string of the molecule is Cc1c(Cl)ccc2c(C(=O)O)cc(-c3ccccc3Cl)nc12. The third-order valence-corrected chi connectivity index (χ3v) is 4.29. The lowest BCUT2D eigenvalue weighted by Gasteiger charge is -2.11. The fourth-order valence-electron chi connectivity index (χ4n) is 2.39. The van der Waals surface area contributed by atoms with Crippen LogP contribution in [0.5, 0.6) is 0 Å². The lowest BCUT2D eigenvalue weighted by atomic mass is 10.0. The van der Waals surface area contributed by atoms with E-state index >= 15 is 0 Å². The highest BCUT2D eigenvalue weighted by molar-refractivity contribution is 6.33. The Morgan fingerprint density at radius 2 is 1.82 bits per heavy atom. The molecule has 0 radical (unpaired) electrons. The summed E-state index contributed by atoms with van der Waals surface area (Å²) in [5, 5.41) is 11.1. The number of aromatic carboxylic acids is 1. The van der Waals surface area contributed by atoms with Gasteiger partial charge < -0.3 is 5.11 Å². The first kappa shape index (κ1) is 14.8. The number of hydrogen-bond acceptors (Lipinski definition) is 2. The minimum Gasteiger partial charge on any atom is -0.478 e. The second kappa shape index (κ2) is 5.59. The fourth-order valence-corrected chi connectivity index (χ4v) is 2.77. The van der Waals surface area contributed by atoms with Crippen LogP contribution in [0.3, 0.4) is 0 Å². The Labute approximate surface area is 137 Å². The molecule has 110 valence electrons. The number of carboxylic acid groups (broad SMARTS) is 1. The maximum atomic E-state index is 11.6. The molecule has 3 aromatic rings. The molecule has 0 spiro atoms. The molecule has 0 aliphatic heterocycles. The number of rotatable bonds is 2. The number of aromatic nitrogens is 1. The summed E-state index contributed by atoms with van der Waals surface area (Å²) in [5.41, 5.74) is 2.70. The second-order valence-corrected chi connectivity index (χ2v) is 5.72. The fraction of sp³-hybridized carbons (Fsp3) is 0.0588. The Morgan fingerprint density at radius 3 is 2.50 bits per heavy atom. The van der Waals surface area contributed by atoms with Gasteiger partial charge in [0.25, 0.3) is 0 Å². The molecule has 5 heteroatoms. The molecule has 0 saturated heterocycles. The molecular weight excluding hydrogens is 321 g/mol. The van der Waals surface area contributed by atoms with Crippen molar-refractivity contribution in [2.24, 2.45) is 0 Å². The zero-order chi connectivity index (χ0) is 15.9. The standard InChI is InChI=1S/C17H11Cl2NO2/c1-9-13(18)7-6-10-12(17(21)22)8-15(20-16(9)10)11-4-2-3-5-14(11)19/h2-8H,1H3,(H,21,22). The van der Waals surface area contributed by atoms with Crippen LogP contribution >= 0.6 is 23.2 Å². The average molecular weight is 332 g/mol. The molecule has 22 heavy (non-hydrogen) atoms. The van der Waals surface area contributed by atoms with Crippen molar-refractivity contribution in [1.82, 2.24) is 4.98 Å². The molecule has 3 nitrogen and oxygen atoms in total. The monoisotopic (exact) mass is 331 g/mol. The molecule has 1 aromatic heterocycles. The molecule has 1 N–H and O–H groups in total. The third-order valence-electron chi connectivity index (χ3n) is 3.55. The zero-order valence-electron chi connectivity index (χ0n) is 11.6. The number of benzene rings is 2. The Balaban J connectivity index is 2.41. The molecule has 0 saturated carbocycles. The van der Waals surface area contributed by atoms with Gasteiger partial charge in [0.15, 0.2) is 0 Å². The summed E-state index contributed by atoms with van der Waals surface area (Å²) in [5.74, 6) is -1.01. The van der Waals surface area contributed by atoms with Crippen molar-refractivity contribution >= 4 is 40.1 Å². The van der Waals surface area contributed by atoms with E-state index in [4.69, 9.17) is 23.2 Å². The molecule has 3 rings (SSSR count). The van der Waals surface area contributed by atoms with E-state index in [1.54, 1.807) is 24.3 Å². The van der Waals surface area contributed by atoms with Gasteiger partial charge >= 0.3 is 5.97 Å². The molecule has 1 heterocycles. The first-order valence-corrected chi connectivity index (χ1v) is 7.32. The average Bonchev–Trinajstić information content (AvgIpc) is 2.50. The first-order chi connectivity index (χ1) is 10.5. The smallest absolute Gasteiger partial charge is 0.336 e. The lowest BCUT2D eigenvalue weighted by Crippen LogP contribution is -2.01. The third kappa shape index (κ3) is 2.43. The predicted molar refractivity (Wildman–Crippen MR) is 88.9 cm³/mol. The largest absolute Gasteiger partial charge is 0.478 e. The van der Waals surface area contributed by atoms with Crippen LogP contribution in [-0.2, 0) is 0 Å². The van der Waals surface area contributed by atoms with Gasteiger partial charge in [0.2, 0.25) is 0 Å². The minimum absolute atomic E-state index is 0.180. The van der Waals surface area contributed by atoms with Crippen LogP contribution in [0.1, 0.15) is 15.9 Å². The van der Waals surface area contributed by atoms with Crippen molar-refractivity contribution < 1.29 is 9.90 Å². The number of carboxylic acids is 1. The molecule has 0 amide bonds. The van der Waals surface area contributed by atoms with E-state index in [2.05, 4.69) is 4.98 Å². The molecule has 0 unspecified atom stereocenters.